The number of rotatable bonds is 8. The van der Waals surface area contributed by atoms with Crippen LogP contribution in [0.15, 0.2) is 5.16 Å². The summed E-state index contributed by atoms with van der Waals surface area (Å²) in [5.41, 5.74) is 5.45. The van der Waals surface area contributed by atoms with Crippen molar-refractivity contribution in [1.82, 2.24) is 30.4 Å². The average molecular weight is 313 g/mol. The molecule has 0 aromatic carbocycles. The van der Waals surface area contributed by atoms with Gasteiger partial charge in [-0.25, -0.2) is 4.68 Å². The van der Waals surface area contributed by atoms with Crippen molar-refractivity contribution in [2.24, 2.45) is 5.73 Å². The van der Waals surface area contributed by atoms with Crippen LogP contribution in [-0.4, -0.2) is 68.9 Å². The van der Waals surface area contributed by atoms with Crippen molar-refractivity contribution in [2.75, 3.05) is 25.9 Å². The second-order valence-electron chi connectivity index (χ2n) is 4.85. The minimum Gasteiger partial charge on any atom is -0.352 e. The summed E-state index contributed by atoms with van der Waals surface area (Å²) in [6, 6.07) is 0.302. The normalized spacial score (nSPS) is 14.0. The molecule has 0 saturated heterocycles. The van der Waals surface area contributed by atoms with E-state index in [4.69, 9.17) is 5.73 Å². The predicted molar refractivity (Wildman–Crippen MR) is 76.4 cm³/mol. The fourth-order valence-corrected chi connectivity index (χ4v) is 2.45. The Kier molecular flexibility index (Phi) is 5.51. The molecule has 3 N–H and O–H groups in total. The predicted octanol–water partition coefficient (Wildman–Crippen LogP) is -1.54. The number of carbonyl (C=O) groups is 2. The first-order valence-corrected chi connectivity index (χ1v) is 7.71. The molecule has 0 unspecified atom stereocenters. The molecular formula is C11H19N7O2S. The molecule has 1 aliphatic rings. The molecule has 1 aromatic rings. The Morgan fingerprint density at radius 1 is 1.52 bits per heavy atom. The van der Waals surface area contributed by atoms with Crippen molar-refractivity contribution in [1.29, 1.82) is 0 Å². The topological polar surface area (TPSA) is 119 Å². The van der Waals surface area contributed by atoms with E-state index in [9.17, 15) is 9.59 Å². The molecule has 0 aliphatic heterocycles. The van der Waals surface area contributed by atoms with Gasteiger partial charge in [-0.05, 0) is 23.3 Å². The fourth-order valence-electron chi connectivity index (χ4n) is 1.60. The maximum atomic E-state index is 12.0. The Morgan fingerprint density at radius 3 is 2.95 bits per heavy atom. The Balaban J connectivity index is 1.74. The van der Waals surface area contributed by atoms with E-state index >= 15 is 0 Å². The summed E-state index contributed by atoms with van der Waals surface area (Å²) in [4.78, 5) is 25.0. The average Bonchev–Trinajstić information content (AvgIpc) is 3.14. The van der Waals surface area contributed by atoms with Gasteiger partial charge in [-0.2, -0.15) is 0 Å². The van der Waals surface area contributed by atoms with Gasteiger partial charge in [-0.1, -0.05) is 11.8 Å². The molecule has 1 fully saturated rings. The first kappa shape index (κ1) is 15.7. The molecule has 1 heterocycles. The maximum absolute atomic E-state index is 12.0. The van der Waals surface area contributed by atoms with Crippen LogP contribution in [0.5, 0.6) is 0 Å². The van der Waals surface area contributed by atoms with E-state index in [2.05, 4.69) is 20.8 Å². The van der Waals surface area contributed by atoms with Crippen LogP contribution in [0, 0.1) is 0 Å². The third-order valence-electron chi connectivity index (χ3n) is 2.91. The van der Waals surface area contributed by atoms with Crippen LogP contribution in [-0.2, 0) is 16.1 Å². The van der Waals surface area contributed by atoms with Gasteiger partial charge in [0.05, 0.1) is 18.8 Å². The molecule has 116 valence electrons. The molecule has 2 amide bonds. The van der Waals surface area contributed by atoms with Gasteiger partial charge in [0.2, 0.25) is 17.0 Å². The Labute approximate surface area is 126 Å². The Bertz CT molecular complexity index is 503. The molecular weight excluding hydrogens is 294 g/mol. The highest BCUT2D eigenvalue weighted by Gasteiger charge is 2.24. The van der Waals surface area contributed by atoms with Crippen LogP contribution in [0.3, 0.4) is 0 Å². The molecule has 0 atom stereocenters. The minimum atomic E-state index is -0.145. The van der Waals surface area contributed by atoms with E-state index in [1.54, 1.807) is 11.7 Å². The third-order valence-corrected chi connectivity index (χ3v) is 3.86. The number of likely N-dealkylation sites (N-methyl/N-ethyl adjacent to an activating group) is 1. The van der Waals surface area contributed by atoms with Crippen molar-refractivity contribution in [3.8, 4) is 0 Å². The molecule has 2 rings (SSSR count). The molecule has 9 nitrogen and oxygen atoms in total. The first-order chi connectivity index (χ1) is 10.1. The van der Waals surface area contributed by atoms with Crippen LogP contribution in [0.25, 0.3) is 0 Å². The second-order valence-corrected chi connectivity index (χ2v) is 5.80. The van der Waals surface area contributed by atoms with E-state index in [1.807, 2.05) is 0 Å². The molecule has 0 bridgehead atoms. The first-order valence-electron chi connectivity index (χ1n) is 6.72. The van der Waals surface area contributed by atoms with Crippen molar-refractivity contribution < 1.29 is 9.59 Å². The highest BCUT2D eigenvalue weighted by molar-refractivity contribution is 7.99. The van der Waals surface area contributed by atoms with Gasteiger partial charge in [-0.3, -0.25) is 9.59 Å². The van der Waals surface area contributed by atoms with Gasteiger partial charge >= 0.3 is 0 Å². The van der Waals surface area contributed by atoms with Crippen LogP contribution in [0.2, 0.25) is 0 Å². The Morgan fingerprint density at radius 2 is 2.29 bits per heavy atom. The van der Waals surface area contributed by atoms with Gasteiger partial charge in [-0.15, -0.1) is 5.10 Å². The number of hydrogen-bond donors (Lipinski definition) is 2. The number of nitrogens with two attached hydrogens (primary N) is 1. The largest absolute Gasteiger partial charge is 0.352 e. The van der Waals surface area contributed by atoms with Crippen LogP contribution in [0.1, 0.15) is 12.8 Å². The van der Waals surface area contributed by atoms with Crippen molar-refractivity contribution in [2.45, 2.75) is 30.6 Å². The summed E-state index contributed by atoms with van der Waals surface area (Å²) in [5.74, 6) is -0.0856. The fraction of sp³-hybridized carbons (Fsp3) is 0.727. The van der Waals surface area contributed by atoms with E-state index in [0.29, 0.717) is 24.3 Å². The number of thioether (sulfide) groups is 1. The molecule has 1 aromatic heterocycles. The standard InChI is InChI=1S/C11H19N7O2S/c1-17(6-9(19)13-8-2-3-8)10(20)7-21-11-14-15-16-18(11)5-4-12/h8H,2-7,12H2,1H3,(H,13,19). The molecule has 21 heavy (non-hydrogen) atoms. The highest BCUT2D eigenvalue weighted by Crippen LogP contribution is 2.18. The van der Waals surface area contributed by atoms with Gasteiger partial charge in [0.15, 0.2) is 0 Å². The SMILES string of the molecule is CN(CC(=O)NC1CC1)C(=O)CSc1nnnn1CCN. The van der Waals surface area contributed by atoms with Gasteiger partial charge in [0.1, 0.15) is 0 Å². The summed E-state index contributed by atoms with van der Waals surface area (Å²) < 4.78 is 1.55. The lowest BCUT2D eigenvalue weighted by Gasteiger charge is -2.16. The molecule has 0 spiro atoms. The van der Waals surface area contributed by atoms with E-state index in [1.165, 1.54) is 16.7 Å². The zero-order valence-corrected chi connectivity index (χ0v) is 12.7. The zero-order valence-electron chi connectivity index (χ0n) is 11.9. The van der Waals surface area contributed by atoms with Crippen LogP contribution < -0.4 is 11.1 Å². The molecule has 0 radical (unpaired) electrons. The van der Waals surface area contributed by atoms with Crippen molar-refractivity contribution >= 4 is 23.6 Å². The zero-order chi connectivity index (χ0) is 15.2. The van der Waals surface area contributed by atoms with Crippen LogP contribution >= 0.6 is 11.8 Å². The summed E-state index contributed by atoms with van der Waals surface area (Å²) >= 11 is 1.23. The highest BCUT2D eigenvalue weighted by atomic mass is 32.2. The summed E-state index contributed by atoms with van der Waals surface area (Å²) in [5, 5.41) is 14.6. The number of nitrogens with one attached hydrogen (secondary N) is 1. The number of hydrogen-bond acceptors (Lipinski definition) is 7. The molecule has 1 aliphatic carbocycles. The lowest BCUT2D eigenvalue weighted by molar-refractivity contribution is -0.132. The molecule has 1 saturated carbocycles. The number of carbonyl (C=O) groups excluding carboxylic acids is 2. The van der Waals surface area contributed by atoms with Gasteiger partial charge in [0, 0.05) is 19.6 Å². The second kappa shape index (κ2) is 7.36. The number of amides is 2. The van der Waals surface area contributed by atoms with Crippen LogP contribution in [0.4, 0.5) is 0 Å². The Hall–Kier alpha value is -1.68. The number of nitrogens with zero attached hydrogens (tertiary/aromatic N) is 5. The third kappa shape index (κ3) is 4.97. The quantitative estimate of drug-likeness (QED) is 0.558. The smallest absolute Gasteiger partial charge is 0.239 e. The van der Waals surface area contributed by atoms with Gasteiger partial charge in [0.25, 0.3) is 0 Å². The summed E-state index contributed by atoms with van der Waals surface area (Å²) in [7, 11) is 1.61. The van der Waals surface area contributed by atoms with Gasteiger partial charge < -0.3 is 16.0 Å². The van der Waals surface area contributed by atoms with E-state index < -0.39 is 0 Å². The summed E-state index contributed by atoms with van der Waals surface area (Å²) in [6.45, 7) is 1.00. The minimum absolute atomic E-state index is 0.0730. The summed E-state index contributed by atoms with van der Waals surface area (Å²) in [6.07, 6.45) is 2.06. The molecule has 10 heteroatoms. The maximum Gasteiger partial charge on any atom is 0.239 e. The number of tetrazole rings is 1. The lowest BCUT2D eigenvalue weighted by atomic mass is 10.5. The van der Waals surface area contributed by atoms with E-state index in [0.717, 1.165) is 12.8 Å². The lowest BCUT2D eigenvalue weighted by Crippen LogP contribution is -2.39. The van der Waals surface area contributed by atoms with E-state index in [-0.39, 0.29) is 24.1 Å². The monoisotopic (exact) mass is 313 g/mol. The van der Waals surface area contributed by atoms with Crippen molar-refractivity contribution in [3.05, 3.63) is 0 Å². The number of aromatic nitrogens is 4. The van der Waals surface area contributed by atoms with Crippen molar-refractivity contribution in [3.63, 3.8) is 0 Å².